The number of carbonyl (C=O) groups excluding carboxylic acids is 2. The largest absolute Gasteiger partial charge is 0.481 e. The molecule has 0 spiro atoms. The zero-order chi connectivity index (χ0) is 22.0. The maximum absolute atomic E-state index is 12.4. The van der Waals surface area contributed by atoms with Crippen LogP contribution in [0.5, 0.6) is 0 Å². The second-order valence-corrected chi connectivity index (χ2v) is 8.40. The number of carboxylic acid groups (broad SMARTS) is 1. The summed E-state index contributed by atoms with van der Waals surface area (Å²) in [4.78, 5) is 39.1. The minimum atomic E-state index is -4.20. The Bertz CT molecular complexity index is 838. The molecule has 29 heavy (non-hydrogen) atoms. The molecule has 1 aromatic rings. The molecule has 11 heteroatoms. The Morgan fingerprint density at radius 1 is 1.00 bits per heavy atom. The number of amides is 2. The van der Waals surface area contributed by atoms with E-state index in [9.17, 15) is 22.8 Å². The van der Waals surface area contributed by atoms with Crippen molar-refractivity contribution in [3.8, 4) is 0 Å². The summed E-state index contributed by atoms with van der Waals surface area (Å²) in [5, 5.41) is 13.6. The second-order valence-electron chi connectivity index (χ2n) is 6.83. The summed E-state index contributed by atoms with van der Waals surface area (Å²) in [6.07, 6.45) is 1.89. The van der Waals surface area contributed by atoms with E-state index < -0.39 is 33.7 Å². The van der Waals surface area contributed by atoms with Crippen molar-refractivity contribution >= 4 is 27.9 Å². The molecular formula is C18H27N3O7S. The van der Waals surface area contributed by atoms with Crippen molar-refractivity contribution in [2.45, 2.75) is 45.4 Å². The van der Waals surface area contributed by atoms with Crippen LogP contribution in [0, 0.1) is 0 Å². The molecule has 4 N–H and O–H groups in total. The van der Waals surface area contributed by atoms with Crippen LogP contribution in [0.1, 0.15) is 72.0 Å². The van der Waals surface area contributed by atoms with Crippen LogP contribution in [-0.4, -0.2) is 59.7 Å². The van der Waals surface area contributed by atoms with Crippen molar-refractivity contribution in [2.24, 2.45) is 0 Å². The van der Waals surface area contributed by atoms with Gasteiger partial charge in [0.25, 0.3) is 21.9 Å². The summed E-state index contributed by atoms with van der Waals surface area (Å²) in [6, 6.07) is 3.11. The lowest BCUT2D eigenvalue weighted by Crippen LogP contribution is -2.31. The van der Waals surface area contributed by atoms with Gasteiger partial charge in [-0.25, -0.2) is 4.98 Å². The quantitative estimate of drug-likeness (QED) is 0.284. The molecule has 0 radical (unpaired) electrons. The lowest BCUT2D eigenvalue weighted by Gasteiger charge is -2.12. The molecular weight excluding hydrogens is 402 g/mol. The van der Waals surface area contributed by atoms with Crippen molar-refractivity contribution in [1.82, 2.24) is 15.6 Å². The Kier molecular flexibility index (Phi) is 9.69. The predicted octanol–water partition coefficient (Wildman–Crippen LogP) is 1.20. The van der Waals surface area contributed by atoms with Crippen LogP contribution >= 0.6 is 0 Å². The number of aliphatic carboxylic acids is 1. The Labute approximate surface area is 169 Å². The fraction of sp³-hybridized carbons (Fsp3) is 0.556. The molecule has 0 aliphatic heterocycles. The fourth-order valence-electron chi connectivity index (χ4n) is 2.37. The molecule has 2 amide bonds. The number of aromatic nitrogens is 1. The van der Waals surface area contributed by atoms with Gasteiger partial charge in [-0.05, 0) is 36.5 Å². The predicted molar refractivity (Wildman–Crippen MR) is 106 cm³/mol. The Balaban J connectivity index is 2.75. The zero-order valence-electron chi connectivity index (χ0n) is 16.5. The minimum absolute atomic E-state index is 0.0185. The van der Waals surface area contributed by atoms with Gasteiger partial charge in [0.15, 0.2) is 0 Å². The lowest BCUT2D eigenvalue weighted by molar-refractivity contribution is -0.137. The fourth-order valence-corrected chi connectivity index (χ4v) is 2.73. The van der Waals surface area contributed by atoms with E-state index in [1.54, 1.807) is 6.07 Å². The third-order valence-corrected chi connectivity index (χ3v) is 4.70. The normalized spacial score (nSPS) is 11.3. The van der Waals surface area contributed by atoms with Crippen LogP contribution in [0.3, 0.4) is 0 Å². The first kappa shape index (κ1) is 24.5. The SMILES string of the molecule is CC(C)c1cc(C(=O)NCCCCCC(=O)O)nc(C(=O)NCCS(=O)(=O)O)c1. The van der Waals surface area contributed by atoms with Gasteiger partial charge in [-0.15, -0.1) is 0 Å². The van der Waals surface area contributed by atoms with Gasteiger partial charge in [0.05, 0.1) is 5.75 Å². The van der Waals surface area contributed by atoms with Crippen LogP contribution < -0.4 is 10.6 Å². The monoisotopic (exact) mass is 429 g/mol. The molecule has 1 heterocycles. The highest BCUT2D eigenvalue weighted by Gasteiger charge is 2.16. The van der Waals surface area contributed by atoms with Crippen molar-refractivity contribution in [3.05, 3.63) is 29.1 Å². The summed E-state index contributed by atoms with van der Waals surface area (Å²) in [5.41, 5.74) is 0.742. The molecule has 1 aromatic heterocycles. The van der Waals surface area contributed by atoms with Crippen LogP contribution in [-0.2, 0) is 14.9 Å². The van der Waals surface area contributed by atoms with Crippen molar-refractivity contribution in [1.29, 1.82) is 0 Å². The van der Waals surface area contributed by atoms with Gasteiger partial charge in [0, 0.05) is 19.5 Å². The van der Waals surface area contributed by atoms with Crippen LogP contribution in [0.2, 0.25) is 0 Å². The van der Waals surface area contributed by atoms with E-state index in [1.165, 1.54) is 6.07 Å². The van der Waals surface area contributed by atoms with Gasteiger partial charge >= 0.3 is 5.97 Å². The van der Waals surface area contributed by atoms with Gasteiger partial charge in [0.1, 0.15) is 11.4 Å². The van der Waals surface area contributed by atoms with Gasteiger partial charge in [-0.2, -0.15) is 8.42 Å². The van der Waals surface area contributed by atoms with Gasteiger partial charge in [-0.3, -0.25) is 18.9 Å². The lowest BCUT2D eigenvalue weighted by atomic mass is 10.0. The Morgan fingerprint density at radius 2 is 1.55 bits per heavy atom. The van der Waals surface area contributed by atoms with Crippen LogP contribution in [0.25, 0.3) is 0 Å². The number of nitrogens with zero attached hydrogens (tertiary/aromatic N) is 1. The maximum atomic E-state index is 12.4. The summed E-state index contributed by atoms with van der Waals surface area (Å²) in [7, 11) is -4.20. The molecule has 0 fully saturated rings. The molecule has 162 valence electrons. The molecule has 0 saturated heterocycles. The third-order valence-electron chi connectivity index (χ3n) is 3.98. The number of nitrogens with one attached hydrogen (secondary N) is 2. The van der Waals surface area contributed by atoms with E-state index in [4.69, 9.17) is 9.66 Å². The molecule has 0 unspecified atom stereocenters. The third kappa shape index (κ3) is 9.99. The number of hydrogen-bond donors (Lipinski definition) is 4. The molecule has 0 bridgehead atoms. The highest BCUT2D eigenvalue weighted by molar-refractivity contribution is 7.85. The summed E-state index contributed by atoms with van der Waals surface area (Å²) >= 11 is 0. The summed E-state index contributed by atoms with van der Waals surface area (Å²) < 4.78 is 30.2. The first-order valence-corrected chi connectivity index (χ1v) is 10.9. The van der Waals surface area contributed by atoms with E-state index in [2.05, 4.69) is 15.6 Å². The van der Waals surface area contributed by atoms with Gasteiger partial charge in [-0.1, -0.05) is 20.3 Å². The molecule has 0 aliphatic carbocycles. The number of rotatable bonds is 12. The zero-order valence-corrected chi connectivity index (χ0v) is 17.3. The van der Waals surface area contributed by atoms with E-state index >= 15 is 0 Å². The Morgan fingerprint density at radius 3 is 2.03 bits per heavy atom. The number of unbranched alkanes of at least 4 members (excludes halogenated alkanes) is 2. The molecule has 0 saturated carbocycles. The molecule has 0 atom stereocenters. The van der Waals surface area contributed by atoms with E-state index in [0.717, 1.165) is 0 Å². The van der Waals surface area contributed by atoms with Crippen molar-refractivity contribution in [2.75, 3.05) is 18.8 Å². The van der Waals surface area contributed by atoms with E-state index in [0.29, 0.717) is 31.4 Å². The van der Waals surface area contributed by atoms with Crippen LogP contribution in [0.4, 0.5) is 0 Å². The highest BCUT2D eigenvalue weighted by atomic mass is 32.2. The maximum Gasteiger partial charge on any atom is 0.303 e. The first-order chi connectivity index (χ1) is 13.5. The smallest absolute Gasteiger partial charge is 0.303 e. The minimum Gasteiger partial charge on any atom is -0.481 e. The Hall–Kier alpha value is -2.53. The van der Waals surface area contributed by atoms with E-state index in [1.807, 2.05) is 13.8 Å². The average molecular weight is 429 g/mol. The molecule has 1 rings (SSSR count). The second kappa shape index (κ2) is 11.5. The van der Waals surface area contributed by atoms with Crippen LogP contribution in [0.15, 0.2) is 12.1 Å². The summed E-state index contributed by atoms with van der Waals surface area (Å²) in [6.45, 7) is 3.84. The van der Waals surface area contributed by atoms with Crippen molar-refractivity contribution in [3.63, 3.8) is 0 Å². The highest BCUT2D eigenvalue weighted by Crippen LogP contribution is 2.16. The first-order valence-electron chi connectivity index (χ1n) is 9.25. The van der Waals surface area contributed by atoms with Gasteiger partial charge in [0.2, 0.25) is 0 Å². The number of carbonyl (C=O) groups is 3. The number of carboxylic acids is 1. The molecule has 0 aromatic carbocycles. The number of pyridine rings is 1. The topological polar surface area (TPSA) is 163 Å². The summed E-state index contributed by atoms with van der Waals surface area (Å²) in [5.74, 6) is -2.58. The molecule has 10 nitrogen and oxygen atoms in total. The average Bonchev–Trinajstić information content (AvgIpc) is 2.62. The molecule has 0 aliphatic rings. The van der Waals surface area contributed by atoms with Gasteiger partial charge < -0.3 is 15.7 Å². The standard InChI is InChI=1S/C18H27N3O7S/c1-12(2)13-10-14(17(24)19-7-5-3-4-6-16(22)23)21-15(11-13)18(25)20-8-9-29(26,27)28/h10-12H,3-9H2,1-2H3,(H,19,24)(H,20,25)(H,22,23)(H,26,27,28). The van der Waals surface area contributed by atoms with E-state index in [-0.39, 0.29) is 30.3 Å². The van der Waals surface area contributed by atoms with Crippen molar-refractivity contribution < 1.29 is 32.5 Å². The number of hydrogen-bond acceptors (Lipinski definition) is 6.